The van der Waals surface area contributed by atoms with Crippen molar-refractivity contribution in [3.63, 3.8) is 0 Å². The molecule has 0 saturated heterocycles. The molecule has 1 aromatic heterocycles. The quantitative estimate of drug-likeness (QED) is 0.667. The summed E-state index contributed by atoms with van der Waals surface area (Å²) in [6, 6.07) is 0. The van der Waals surface area contributed by atoms with Gasteiger partial charge in [0.05, 0.1) is 12.1 Å². The van der Waals surface area contributed by atoms with Crippen LogP contribution in [0.4, 0.5) is 0 Å². The Bertz CT molecular complexity index is 499. The van der Waals surface area contributed by atoms with Crippen LogP contribution in [0.25, 0.3) is 12.2 Å². The van der Waals surface area contributed by atoms with Crippen LogP contribution in [0, 0.1) is 0 Å². The first kappa shape index (κ1) is 9.21. The van der Waals surface area contributed by atoms with Gasteiger partial charge in [-0.3, -0.25) is 4.79 Å². The van der Waals surface area contributed by atoms with Crippen LogP contribution in [0.15, 0.2) is 16.7 Å². The molecule has 1 aliphatic rings. The molecule has 3 nitrogen and oxygen atoms in total. The molecule has 0 aromatic carbocycles. The molecule has 1 aliphatic carbocycles. The minimum Gasteiger partial charge on any atom is -0.356 e. The first-order valence-corrected chi connectivity index (χ1v) is 4.65. The lowest BCUT2D eigenvalue weighted by atomic mass is 10.2. The van der Waals surface area contributed by atoms with Crippen LogP contribution in [0.2, 0.25) is 0 Å². The van der Waals surface area contributed by atoms with E-state index in [1.807, 2.05) is 24.3 Å². The molecule has 0 amide bonds. The topological polar surface area (TPSA) is 43.1 Å². The van der Waals surface area contributed by atoms with Crippen molar-refractivity contribution in [3.05, 3.63) is 28.5 Å². The van der Waals surface area contributed by atoms with Gasteiger partial charge in [-0.15, -0.1) is 0 Å². The molecule has 1 aromatic rings. The molecule has 0 aliphatic heterocycles. The summed E-state index contributed by atoms with van der Waals surface area (Å²) in [4.78, 5) is 10.7. The molecule has 0 bridgehead atoms. The number of carbonyl (C=O) groups excluding carboxylic acids is 1. The Hall–Kier alpha value is -1.35. The van der Waals surface area contributed by atoms with E-state index in [0.717, 1.165) is 11.6 Å². The standard InChI is InChI=1S/C10H8ClNO2/c11-10(13)6-8-7-4-2-1-3-5-9(7)14-12-8/h1,3-5H,2,6H2. The number of allylic oxidation sites excluding steroid dienone is 2. The SMILES string of the molecule is O=C(Cl)Cc1noc2c1=CCC=CC=2. The van der Waals surface area contributed by atoms with Crippen LogP contribution >= 0.6 is 11.6 Å². The number of nitrogens with zero attached hydrogens (tertiary/aromatic N) is 1. The molecule has 0 N–H and O–H groups in total. The van der Waals surface area contributed by atoms with E-state index in [1.54, 1.807) is 0 Å². The van der Waals surface area contributed by atoms with Crippen LogP contribution in [-0.4, -0.2) is 10.4 Å². The van der Waals surface area contributed by atoms with E-state index in [2.05, 4.69) is 5.16 Å². The van der Waals surface area contributed by atoms with E-state index < -0.39 is 5.24 Å². The smallest absolute Gasteiger partial charge is 0.227 e. The number of rotatable bonds is 2. The van der Waals surface area contributed by atoms with Crippen LogP contribution in [0.1, 0.15) is 12.1 Å². The number of hydrogen-bond acceptors (Lipinski definition) is 3. The average Bonchev–Trinajstić information content (AvgIpc) is 2.37. The highest BCUT2D eigenvalue weighted by molar-refractivity contribution is 6.63. The van der Waals surface area contributed by atoms with E-state index in [9.17, 15) is 4.79 Å². The Morgan fingerprint density at radius 3 is 3.29 bits per heavy atom. The average molecular weight is 210 g/mol. The Labute approximate surface area is 85.3 Å². The fourth-order valence-electron chi connectivity index (χ4n) is 1.36. The summed E-state index contributed by atoms with van der Waals surface area (Å²) in [5.74, 6) is 0. The Morgan fingerprint density at radius 1 is 1.64 bits per heavy atom. The number of hydrogen-bond donors (Lipinski definition) is 0. The normalized spacial score (nSPS) is 13.8. The number of aromatic nitrogens is 1. The largest absolute Gasteiger partial charge is 0.356 e. The maximum atomic E-state index is 10.7. The Kier molecular flexibility index (Phi) is 2.50. The monoisotopic (exact) mass is 209 g/mol. The molecule has 0 unspecified atom stereocenters. The molecule has 0 atom stereocenters. The van der Waals surface area contributed by atoms with Gasteiger partial charge in [-0.2, -0.15) is 0 Å². The summed E-state index contributed by atoms with van der Waals surface area (Å²) in [6.45, 7) is 0. The summed E-state index contributed by atoms with van der Waals surface area (Å²) < 4.78 is 5.07. The molecule has 14 heavy (non-hydrogen) atoms. The minimum absolute atomic E-state index is 0.116. The number of halogens is 1. The molecule has 0 fully saturated rings. The van der Waals surface area contributed by atoms with Gasteiger partial charge in [0.1, 0.15) is 0 Å². The van der Waals surface area contributed by atoms with E-state index >= 15 is 0 Å². The lowest BCUT2D eigenvalue weighted by Crippen LogP contribution is -2.23. The predicted molar refractivity (Wildman–Crippen MR) is 53.0 cm³/mol. The Balaban J connectivity index is 2.53. The first-order valence-electron chi connectivity index (χ1n) is 4.27. The van der Waals surface area contributed by atoms with Crippen LogP contribution < -0.4 is 10.6 Å². The van der Waals surface area contributed by atoms with Crippen molar-refractivity contribution in [2.24, 2.45) is 0 Å². The van der Waals surface area contributed by atoms with Crippen molar-refractivity contribution in [1.29, 1.82) is 0 Å². The van der Waals surface area contributed by atoms with Gasteiger partial charge >= 0.3 is 0 Å². The van der Waals surface area contributed by atoms with Gasteiger partial charge in [0.15, 0.2) is 5.42 Å². The highest BCUT2D eigenvalue weighted by atomic mass is 35.5. The van der Waals surface area contributed by atoms with Crippen molar-refractivity contribution < 1.29 is 9.32 Å². The molecule has 72 valence electrons. The second-order valence-electron chi connectivity index (χ2n) is 2.97. The zero-order chi connectivity index (χ0) is 9.97. The van der Waals surface area contributed by atoms with Gasteiger partial charge in [0.25, 0.3) is 0 Å². The lowest BCUT2D eigenvalue weighted by molar-refractivity contribution is -0.111. The molecule has 2 rings (SSSR count). The number of fused-ring (bicyclic) bond motifs is 1. The molecular formula is C10H8ClNO2. The van der Waals surface area contributed by atoms with Gasteiger partial charge in [-0.05, 0) is 24.1 Å². The molecule has 4 heteroatoms. The van der Waals surface area contributed by atoms with Gasteiger partial charge in [0.2, 0.25) is 5.24 Å². The highest BCUT2D eigenvalue weighted by Crippen LogP contribution is 1.95. The van der Waals surface area contributed by atoms with E-state index in [-0.39, 0.29) is 6.42 Å². The third-order valence-electron chi connectivity index (χ3n) is 1.98. The lowest BCUT2D eigenvalue weighted by Gasteiger charge is -1.85. The van der Waals surface area contributed by atoms with Crippen molar-refractivity contribution in [2.75, 3.05) is 0 Å². The minimum atomic E-state index is -0.424. The second-order valence-corrected chi connectivity index (χ2v) is 3.40. The third kappa shape index (κ3) is 1.77. The van der Waals surface area contributed by atoms with Gasteiger partial charge in [-0.25, -0.2) is 0 Å². The van der Waals surface area contributed by atoms with E-state index in [0.29, 0.717) is 11.1 Å². The second kappa shape index (κ2) is 3.80. The van der Waals surface area contributed by atoms with Gasteiger partial charge < -0.3 is 4.52 Å². The maximum absolute atomic E-state index is 10.7. The predicted octanol–water partition coefficient (Wildman–Crippen LogP) is 0.503. The third-order valence-corrected chi connectivity index (χ3v) is 2.11. The van der Waals surface area contributed by atoms with E-state index in [4.69, 9.17) is 16.1 Å². The van der Waals surface area contributed by atoms with Crippen LogP contribution in [0.3, 0.4) is 0 Å². The van der Waals surface area contributed by atoms with Crippen molar-refractivity contribution in [3.8, 4) is 0 Å². The molecular weight excluding hydrogens is 202 g/mol. The number of carbonyl (C=O) groups is 1. The molecule has 0 spiro atoms. The Morgan fingerprint density at radius 2 is 2.50 bits per heavy atom. The zero-order valence-electron chi connectivity index (χ0n) is 7.37. The first-order chi connectivity index (χ1) is 6.77. The van der Waals surface area contributed by atoms with E-state index in [1.165, 1.54) is 0 Å². The van der Waals surface area contributed by atoms with Crippen LogP contribution in [-0.2, 0) is 11.2 Å². The molecule has 0 saturated carbocycles. The van der Waals surface area contributed by atoms with Crippen LogP contribution in [0.5, 0.6) is 0 Å². The highest BCUT2D eigenvalue weighted by Gasteiger charge is 2.07. The van der Waals surface area contributed by atoms with Gasteiger partial charge in [0, 0.05) is 5.22 Å². The summed E-state index contributed by atoms with van der Waals surface area (Å²) in [5, 5.41) is 4.26. The summed E-state index contributed by atoms with van der Waals surface area (Å²) in [5.41, 5.74) is 1.30. The van der Waals surface area contributed by atoms with Crippen molar-refractivity contribution in [2.45, 2.75) is 12.8 Å². The fraction of sp³-hybridized carbons (Fsp3) is 0.200. The maximum Gasteiger partial charge on any atom is 0.227 e. The van der Waals surface area contributed by atoms with Crippen molar-refractivity contribution >= 4 is 29.0 Å². The molecule has 0 radical (unpaired) electrons. The molecule has 1 heterocycles. The fourth-order valence-corrected chi connectivity index (χ4v) is 1.49. The van der Waals surface area contributed by atoms with Gasteiger partial charge in [-0.1, -0.05) is 23.4 Å². The summed E-state index contributed by atoms with van der Waals surface area (Å²) in [6.07, 6.45) is 8.63. The summed E-state index contributed by atoms with van der Waals surface area (Å²) >= 11 is 5.29. The summed E-state index contributed by atoms with van der Waals surface area (Å²) in [7, 11) is 0. The zero-order valence-corrected chi connectivity index (χ0v) is 8.12. The van der Waals surface area contributed by atoms with Crippen molar-refractivity contribution in [1.82, 2.24) is 5.16 Å².